The quantitative estimate of drug-likeness (QED) is 0.156. The first-order valence-electron chi connectivity index (χ1n) is 22.9. The van der Waals surface area contributed by atoms with Gasteiger partial charge in [-0.05, 0) is 165 Å². The highest BCUT2D eigenvalue weighted by atomic mass is 16.3. The summed E-state index contributed by atoms with van der Waals surface area (Å²) in [6, 6.07) is 69.0. The first-order chi connectivity index (χ1) is 32.1. The molecule has 2 aliphatic carbocycles. The predicted molar refractivity (Wildman–Crippen MR) is 276 cm³/mol. The molecule has 0 spiro atoms. The fraction of sp³-hybridized carbons (Fsp3) is 0.0794. The topological polar surface area (TPSA) is 18.1 Å². The van der Waals surface area contributed by atoms with E-state index in [4.69, 9.17) is 4.42 Å². The van der Waals surface area contributed by atoms with E-state index in [2.05, 4.69) is 236 Å². The van der Waals surface area contributed by atoms with Gasteiger partial charge in [0.15, 0.2) is 0 Å². The molecule has 0 N–H and O–H groups in total. The number of benzene rings is 8. The van der Waals surface area contributed by atoms with Gasteiger partial charge in [-0.15, -0.1) is 0 Å². The summed E-state index contributed by atoms with van der Waals surface area (Å²) in [5.74, 6) is 1.44. The molecule has 0 amide bonds. The Morgan fingerprint density at radius 3 is 1.77 bits per heavy atom. The number of allylic oxidation sites excluding steroid dienone is 6. The highest BCUT2D eigenvalue weighted by Gasteiger charge is 2.17. The van der Waals surface area contributed by atoms with Crippen LogP contribution in [-0.4, -0.2) is 4.57 Å². The van der Waals surface area contributed by atoms with Gasteiger partial charge in [0.1, 0.15) is 11.3 Å². The number of nitrogens with zero attached hydrogens (tertiary/aromatic N) is 1. The first kappa shape index (κ1) is 38.7. The van der Waals surface area contributed by atoms with Crippen molar-refractivity contribution in [1.82, 2.24) is 4.57 Å². The third-order valence-electron chi connectivity index (χ3n) is 13.4. The summed E-state index contributed by atoms with van der Waals surface area (Å²) in [7, 11) is 0. The Kier molecular flexibility index (Phi) is 9.72. The molecule has 10 aromatic rings. The number of furan rings is 1. The van der Waals surface area contributed by atoms with Crippen LogP contribution in [0.3, 0.4) is 0 Å². The van der Waals surface area contributed by atoms with Crippen molar-refractivity contribution in [1.29, 1.82) is 0 Å². The van der Waals surface area contributed by atoms with E-state index >= 15 is 0 Å². The van der Waals surface area contributed by atoms with Gasteiger partial charge < -0.3 is 8.98 Å². The molecule has 0 bridgehead atoms. The molecule has 0 saturated heterocycles. The Labute approximate surface area is 380 Å². The van der Waals surface area contributed by atoms with Crippen molar-refractivity contribution in [2.45, 2.75) is 26.2 Å². The van der Waals surface area contributed by atoms with Crippen LogP contribution in [0.1, 0.15) is 48.6 Å². The lowest BCUT2D eigenvalue weighted by molar-refractivity contribution is 0.601. The minimum atomic E-state index is 0.500. The van der Waals surface area contributed by atoms with E-state index in [1.54, 1.807) is 0 Å². The lowest BCUT2D eigenvalue weighted by atomic mass is 9.88. The number of hydrogen-bond acceptors (Lipinski definition) is 1. The fourth-order valence-electron chi connectivity index (χ4n) is 10.0. The molecule has 8 aromatic carbocycles. The van der Waals surface area contributed by atoms with Crippen molar-refractivity contribution in [3.63, 3.8) is 0 Å². The molecule has 0 saturated carbocycles. The average Bonchev–Trinajstić information content (AvgIpc) is 3.89. The van der Waals surface area contributed by atoms with E-state index in [9.17, 15) is 0 Å². The molecule has 2 heterocycles. The molecule has 12 rings (SSSR count). The summed E-state index contributed by atoms with van der Waals surface area (Å²) in [4.78, 5) is 0. The van der Waals surface area contributed by atoms with Crippen LogP contribution in [0.5, 0.6) is 0 Å². The lowest BCUT2D eigenvalue weighted by Gasteiger charge is -2.17. The molecule has 2 aromatic heterocycles. The second-order valence-electron chi connectivity index (χ2n) is 17.7. The Morgan fingerprint density at radius 1 is 0.477 bits per heavy atom. The standard InChI is InChI=1S/C63H47NO/c1-42-13-7-27-57-59-41-54(31-34-63(59)65-62(57)33-29-42)52-23-12-21-50(39-52)48-19-10-17-46(37-48)44-15-8-14-43(35-44)45-16-9-18-47(36-45)49-20-11-22-51(38-49)53-30-32-61-58(40-53)56-26-5-6-28-60(56)64(61)55-24-3-2-4-25-55/h2-7,9-12,15-42H,8,13-14H2,1H3/b27-7+,33-29-. The highest BCUT2D eigenvalue weighted by Crippen LogP contribution is 2.39. The van der Waals surface area contributed by atoms with Crippen molar-refractivity contribution < 1.29 is 4.42 Å². The Hall–Kier alpha value is -7.94. The number of para-hydroxylation sites is 2. The lowest BCUT2D eigenvalue weighted by Crippen LogP contribution is -1.94. The highest BCUT2D eigenvalue weighted by molar-refractivity contribution is 6.10. The Bertz CT molecular complexity index is 3590. The first-order valence-corrected chi connectivity index (χ1v) is 22.9. The van der Waals surface area contributed by atoms with Crippen LogP contribution in [0.4, 0.5) is 0 Å². The minimum Gasteiger partial charge on any atom is -0.456 e. The molecule has 2 aliphatic rings. The van der Waals surface area contributed by atoms with Crippen LogP contribution in [0.25, 0.3) is 106 Å². The van der Waals surface area contributed by atoms with Crippen LogP contribution in [0.2, 0.25) is 0 Å². The van der Waals surface area contributed by atoms with Gasteiger partial charge >= 0.3 is 0 Å². The van der Waals surface area contributed by atoms with Crippen LogP contribution < -0.4 is 0 Å². The Morgan fingerprint density at radius 2 is 1.05 bits per heavy atom. The summed E-state index contributed by atoms with van der Waals surface area (Å²) >= 11 is 0. The second kappa shape index (κ2) is 16.3. The summed E-state index contributed by atoms with van der Waals surface area (Å²) < 4.78 is 8.67. The summed E-state index contributed by atoms with van der Waals surface area (Å²) in [5, 5.41) is 3.68. The Balaban J connectivity index is 0.817. The van der Waals surface area contributed by atoms with Crippen LogP contribution in [0, 0.1) is 5.92 Å². The van der Waals surface area contributed by atoms with Crippen LogP contribution in [-0.2, 0) is 0 Å². The smallest absolute Gasteiger partial charge is 0.135 e. The van der Waals surface area contributed by atoms with Gasteiger partial charge in [0.2, 0.25) is 0 Å². The third kappa shape index (κ3) is 7.28. The van der Waals surface area contributed by atoms with E-state index in [1.807, 2.05) is 0 Å². The largest absolute Gasteiger partial charge is 0.456 e. The average molecular weight is 834 g/mol. The van der Waals surface area contributed by atoms with Gasteiger partial charge in [-0.3, -0.25) is 0 Å². The number of aromatic nitrogens is 1. The van der Waals surface area contributed by atoms with Crippen molar-refractivity contribution in [3.05, 3.63) is 235 Å². The maximum atomic E-state index is 6.29. The summed E-state index contributed by atoms with van der Waals surface area (Å²) in [5.41, 5.74) is 20.6. The van der Waals surface area contributed by atoms with E-state index in [0.29, 0.717) is 5.92 Å². The summed E-state index contributed by atoms with van der Waals surface area (Å²) in [6.07, 6.45) is 16.8. The molecule has 0 radical (unpaired) electrons. The number of hydrogen-bond donors (Lipinski definition) is 0. The zero-order valence-corrected chi connectivity index (χ0v) is 36.4. The zero-order valence-electron chi connectivity index (χ0n) is 36.4. The molecule has 2 nitrogen and oxygen atoms in total. The van der Waals surface area contributed by atoms with Gasteiger partial charge in [0, 0.05) is 27.4 Å². The predicted octanol–water partition coefficient (Wildman–Crippen LogP) is 17.5. The normalized spacial score (nSPS) is 15.9. The maximum absolute atomic E-state index is 6.29. The van der Waals surface area contributed by atoms with E-state index < -0.39 is 0 Å². The third-order valence-corrected chi connectivity index (χ3v) is 13.4. The van der Waals surface area contributed by atoms with Gasteiger partial charge in [-0.2, -0.15) is 0 Å². The minimum absolute atomic E-state index is 0.500. The number of fused-ring (bicyclic) bond motifs is 6. The molecule has 1 unspecified atom stereocenters. The molecule has 0 aliphatic heterocycles. The van der Waals surface area contributed by atoms with E-state index in [1.165, 1.54) is 94.3 Å². The molecule has 65 heavy (non-hydrogen) atoms. The van der Waals surface area contributed by atoms with Gasteiger partial charge in [-0.25, -0.2) is 0 Å². The monoisotopic (exact) mass is 833 g/mol. The maximum Gasteiger partial charge on any atom is 0.135 e. The zero-order chi connectivity index (χ0) is 43.3. The molecule has 2 heteroatoms. The van der Waals surface area contributed by atoms with Crippen LogP contribution >= 0.6 is 0 Å². The van der Waals surface area contributed by atoms with Crippen molar-refractivity contribution >= 4 is 56.1 Å². The fourth-order valence-corrected chi connectivity index (χ4v) is 10.0. The SMILES string of the molecule is CC1/C=C\c2oc3ccc(-c4cccc(-c5cccc(C6=CCCC(c7cccc(-c8cccc(-c9ccc%10c(c9)c9ccccc9n%10-c9ccccc9)c8)c7)=C6)c5)c4)cc3c2/C=C/C1. The van der Waals surface area contributed by atoms with Crippen molar-refractivity contribution in [3.8, 4) is 50.2 Å². The van der Waals surface area contributed by atoms with Crippen molar-refractivity contribution in [2.24, 2.45) is 5.92 Å². The molecule has 310 valence electrons. The molecular weight excluding hydrogens is 787 g/mol. The molecular formula is C63H47NO. The van der Waals surface area contributed by atoms with E-state index in [-0.39, 0.29) is 0 Å². The summed E-state index contributed by atoms with van der Waals surface area (Å²) in [6.45, 7) is 2.24. The molecule has 0 fully saturated rings. The van der Waals surface area contributed by atoms with Gasteiger partial charge in [0.05, 0.1) is 11.0 Å². The second-order valence-corrected chi connectivity index (χ2v) is 17.7. The number of rotatable bonds is 7. The van der Waals surface area contributed by atoms with E-state index in [0.717, 1.165) is 41.6 Å². The van der Waals surface area contributed by atoms with Crippen molar-refractivity contribution in [2.75, 3.05) is 0 Å². The van der Waals surface area contributed by atoms with Gasteiger partial charge in [0.25, 0.3) is 0 Å². The molecule has 1 atom stereocenters. The van der Waals surface area contributed by atoms with Gasteiger partial charge in [-0.1, -0.05) is 159 Å². The van der Waals surface area contributed by atoms with Crippen LogP contribution in [0.15, 0.2) is 217 Å².